The highest BCUT2D eigenvalue weighted by atomic mass is 79.9. The summed E-state index contributed by atoms with van der Waals surface area (Å²) in [6.07, 6.45) is 0. The van der Waals surface area contributed by atoms with E-state index in [-0.39, 0.29) is 0 Å². The fraction of sp³-hybridized carbons (Fsp3) is 0.500. The number of piperazine rings is 1. The van der Waals surface area contributed by atoms with Gasteiger partial charge in [-0.25, -0.2) is 0 Å². The van der Waals surface area contributed by atoms with E-state index >= 15 is 0 Å². The van der Waals surface area contributed by atoms with E-state index in [4.69, 9.17) is 0 Å². The number of nitrogens with zero attached hydrogens (tertiary/aromatic N) is 1. The minimum Gasteiger partial charge on any atom is -0.369 e. The van der Waals surface area contributed by atoms with E-state index in [9.17, 15) is 0 Å². The van der Waals surface area contributed by atoms with Crippen molar-refractivity contribution in [1.29, 1.82) is 0 Å². The Kier molecular flexibility index (Phi) is 3.32. The lowest BCUT2D eigenvalue weighted by molar-refractivity contribution is 0.588. The van der Waals surface area contributed by atoms with Gasteiger partial charge in [0.05, 0.1) is 0 Å². The fourth-order valence-corrected chi connectivity index (χ4v) is 2.39. The quantitative estimate of drug-likeness (QED) is 0.842. The molecule has 0 unspecified atom stereocenters. The van der Waals surface area contributed by atoms with E-state index in [1.807, 2.05) is 0 Å². The molecule has 2 nitrogen and oxygen atoms in total. The maximum absolute atomic E-state index is 3.60. The number of nitrogens with one attached hydrogen (secondary N) is 1. The van der Waals surface area contributed by atoms with Gasteiger partial charge in [-0.15, -0.1) is 0 Å². The molecule has 0 aliphatic carbocycles. The van der Waals surface area contributed by atoms with Crippen molar-refractivity contribution >= 4 is 21.6 Å². The van der Waals surface area contributed by atoms with Gasteiger partial charge in [0.2, 0.25) is 0 Å². The number of aryl methyl sites for hydroxylation is 2. The number of anilines is 1. The monoisotopic (exact) mass is 268 g/mol. The first-order valence-electron chi connectivity index (χ1n) is 5.41. The highest BCUT2D eigenvalue weighted by molar-refractivity contribution is 9.10. The van der Waals surface area contributed by atoms with Crippen molar-refractivity contribution in [1.82, 2.24) is 5.32 Å². The van der Waals surface area contributed by atoms with Crippen molar-refractivity contribution in [2.24, 2.45) is 0 Å². The zero-order chi connectivity index (χ0) is 10.8. The molecule has 1 aliphatic rings. The lowest BCUT2D eigenvalue weighted by Gasteiger charge is -2.31. The minimum atomic E-state index is 1.09. The van der Waals surface area contributed by atoms with Crippen LogP contribution in [-0.4, -0.2) is 26.2 Å². The third-order valence-electron chi connectivity index (χ3n) is 2.93. The average molecular weight is 269 g/mol. The molecule has 0 aromatic heterocycles. The van der Waals surface area contributed by atoms with Crippen LogP contribution in [0.1, 0.15) is 11.1 Å². The molecule has 1 aliphatic heterocycles. The summed E-state index contributed by atoms with van der Waals surface area (Å²) in [5, 5.41) is 3.38. The van der Waals surface area contributed by atoms with Gasteiger partial charge in [-0.1, -0.05) is 22.0 Å². The smallest absolute Gasteiger partial charge is 0.0408 e. The van der Waals surface area contributed by atoms with Crippen molar-refractivity contribution in [2.75, 3.05) is 31.1 Å². The van der Waals surface area contributed by atoms with Gasteiger partial charge in [-0.05, 0) is 31.0 Å². The summed E-state index contributed by atoms with van der Waals surface area (Å²) in [5.41, 5.74) is 4.05. The summed E-state index contributed by atoms with van der Waals surface area (Å²) in [7, 11) is 0. The highest BCUT2D eigenvalue weighted by Gasteiger charge is 2.13. The first-order valence-corrected chi connectivity index (χ1v) is 6.20. The normalized spacial score (nSPS) is 16.9. The van der Waals surface area contributed by atoms with Crippen molar-refractivity contribution in [3.05, 3.63) is 27.7 Å². The lowest BCUT2D eigenvalue weighted by Crippen LogP contribution is -2.43. The summed E-state index contributed by atoms with van der Waals surface area (Å²) >= 11 is 3.60. The molecule has 1 aromatic carbocycles. The predicted molar refractivity (Wildman–Crippen MR) is 68.7 cm³/mol. The maximum Gasteiger partial charge on any atom is 0.0408 e. The molecule has 0 radical (unpaired) electrons. The average Bonchev–Trinajstić information content (AvgIpc) is 2.25. The van der Waals surface area contributed by atoms with E-state index in [1.165, 1.54) is 21.3 Å². The second kappa shape index (κ2) is 4.54. The Bertz CT molecular complexity index is 357. The van der Waals surface area contributed by atoms with Crippen LogP contribution >= 0.6 is 15.9 Å². The first-order chi connectivity index (χ1) is 7.18. The van der Waals surface area contributed by atoms with E-state index in [0.717, 1.165) is 26.2 Å². The summed E-state index contributed by atoms with van der Waals surface area (Å²) in [5.74, 6) is 0. The molecule has 82 valence electrons. The summed E-state index contributed by atoms with van der Waals surface area (Å²) < 4.78 is 1.21. The molecule has 0 atom stereocenters. The van der Waals surface area contributed by atoms with Crippen LogP contribution in [0.25, 0.3) is 0 Å². The second-order valence-corrected chi connectivity index (χ2v) is 4.98. The number of hydrogen-bond donors (Lipinski definition) is 1. The van der Waals surface area contributed by atoms with Crippen molar-refractivity contribution < 1.29 is 0 Å². The molecule has 2 rings (SSSR count). The maximum atomic E-state index is 3.60. The number of halogens is 1. The first kappa shape index (κ1) is 11.0. The largest absolute Gasteiger partial charge is 0.369 e. The molecule has 0 saturated carbocycles. The Morgan fingerprint density at radius 1 is 1.13 bits per heavy atom. The Morgan fingerprint density at radius 3 is 2.47 bits per heavy atom. The molecule has 0 spiro atoms. The van der Waals surface area contributed by atoms with E-state index < -0.39 is 0 Å². The van der Waals surface area contributed by atoms with Crippen molar-refractivity contribution in [2.45, 2.75) is 13.8 Å². The zero-order valence-corrected chi connectivity index (χ0v) is 10.9. The number of rotatable bonds is 1. The topological polar surface area (TPSA) is 15.3 Å². The molecular weight excluding hydrogens is 252 g/mol. The third kappa shape index (κ3) is 2.34. The van der Waals surface area contributed by atoms with E-state index in [0.29, 0.717) is 0 Å². The fourth-order valence-electron chi connectivity index (χ4n) is 2.06. The molecule has 15 heavy (non-hydrogen) atoms. The van der Waals surface area contributed by atoms with Crippen LogP contribution in [0, 0.1) is 13.8 Å². The molecule has 1 saturated heterocycles. The van der Waals surface area contributed by atoms with Gasteiger partial charge in [0, 0.05) is 36.3 Å². The summed E-state index contributed by atoms with van der Waals surface area (Å²) in [6, 6.07) is 4.50. The zero-order valence-electron chi connectivity index (χ0n) is 9.31. The second-order valence-electron chi connectivity index (χ2n) is 4.12. The molecule has 3 heteroatoms. The molecule has 1 heterocycles. The predicted octanol–water partition coefficient (Wildman–Crippen LogP) is 2.48. The molecule has 1 aromatic rings. The summed E-state index contributed by atoms with van der Waals surface area (Å²) in [4.78, 5) is 2.45. The molecule has 1 fully saturated rings. The van der Waals surface area contributed by atoms with Crippen LogP contribution in [-0.2, 0) is 0 Å². The van der Waals surface area contributed by atoms with Crippen LogP contribution in [0.4, 0.5) is 5.69 Å². The van der Waals surface area contributed by atoms with Gasteiger partial charge in [0.15, 0.2) is 0 Å². The van der Waals surface area contributed by atoms with Gasteiger partial charge in [0.25, 0.3) is 0 Å². The van der Waals surface area contributed by atoms with Crippen molar-refractivity contribution in [3.63, 3.8) is 0 Å². The van der Waals surface area contributed by atoms with Crippen LogP contribution in [0.5, 0.6) is 0 Å². The van der Waals surface area contributed by atoms with Gasteiger partial charge in [-0.2, -0.15) is 0 Å². The Labute approximate surface area is 99.8 Å². The minimum absolute atomic E-state index is 1.09. The van der Waals surface area contributed by atoms with Gasteiger partial charge in [-0.3, -0.25) is 0 Å². The molecule has 1 N–H and O–H groups in total. The Morgan fingerprint density at radius 2 is 1.80 bits per heavy atom. The van der Waals surface area contributed by atoms with Gasteiger partial charge >= 0.3 is 0 Å². The van der Waals surface area contributed by atoms with Crippen LogP contribution in [0.15, 0.2) is 16.6 Å². The van der Waals surface area contributed by atoms with Gasteiger partial charge < -0.3 is 10.2 Å². The molecule has 0 bridgehead atoms. The Hall–Kier alpha value is -0.540. The molecule has 0 amide bonds. The Balaban J connectivity index is 2.30. The standard InChI is InChI=1S/C12H17BrN2/c1-9-7-10(2)12(8-11(9)13)15-5-3-14-4-6-15/h7-8,14H,3-6H2,1-2H3. The van der Waals surface area contributed by atoms with Crippen LogP contribution in [0.2, 0.25) is 0 Å². The lowest BCUT2D eigenvalue weighted by atomic mass is 10.1. The number of benzene rings is 1. The van der Waals surface area contributed by atoms with Gasteiger partial charge in [0.1, 0.15) is 0 Å². The van der Waals surface area contributed by atoms with Crippen LogP contribution in [0.3, 0.4) is 0 Å². The SMILES string of the molecule is Cc1cc(C)c(N2CCNCC2)cc1Br. The van der Waals surface area contributed by atoms with Crippen LogP contribution < -0.4 is 10.2 Å². The van der Waals surface area contributed by atoms with E-state index in [1.54, 1.807) is 0 Å². The number of hydrogen-bond acceptors (Lipinski definition) is 2. The summed E-state index contributed by atoms with van der Waals surface area (Å²) in [6.45, 7) is 8.72. The highest BCUT2D eigenvalue weighted by Crippen LogP contribution is 2.27. The van der Waals surface area contributed by atoms with Crippen molar-refractivity contribution in [3.8, 4) is 0 Å². The molecular formula is C12H17BrN2. The third-order valence-corrected chi connectivity index (χ3v) is 3.79. The van der Waals surface area contributed by atoms with E-state index in [2.05, 4.69) is 52.1 Å².